The zero-order chi connectivity index (χ0) is 27.8. The Morgan fingerprint density at radius 1 is 1.24 bits per heavy atom. The van der Waals surface area contributed by atoms with E-state index < -0.39 is 36.3 Å². The highest BCUT2D eigenvalue weighted by molar-refractivity contribution is 5.93. The molecule has 2 aliphatic heterocycles. The Morgan fingerprint density at radius 3 is 2.74 bits per heavy atom. The molecule has 2 amide bonds. The number of nitrogens with one attached hydrogen (secondary N) is 1. The molecule has 0 aliphatic carbocycles. The van der Waals surface area contributed by atoms with E-state index in [-0.39, 0.29) is 48.8 Å². The van der Waals surface area contributed by atoms with Gasteiger partial charge in [-0.1, -0.05) is 50.6 Å². The van der Waals surface area contributed by atoms with Gasteiger partial charge in [0.25, 0.3) is 5.89 Å². The lowest BCUT2D eigenvalue weighted by atomic mass is 9.94. The number of aliphatic hydroxyl groups excluding tert-OH is 1. The molecule has 0 aromatic carbocycles. The van der Waals surface area contributed by atoms with Crippen molar-refractivity contribution in [2.45, 2.75) is 77.8 Å². The Bertz CT molecular complexity index is 1080. The second-order valence-electron chi connectivity index (χ2n) is 10.3. The average molecular weight is 532 g/mol. The van der Waals surface area contributed by atoms with Gasteiger partial charge in [0.15, 0.2) is 0 Å². The van der Waals surface area contributed by atoms with Crippen molar-refractivity contribution in [2.24, 2.45) is 11.8 Å². The van der Waals surface area contributed by atoms with E-state index in [1.807, 2.05) is 20.8 Å². The summed E-state index contributed by atoms with van der Waals surface area (Å²) in [6, 6.07) is -0.786. The molecule has 1 fully saturated rings. The van der Waals surface area contributed by atoms with Crippen LogP contribution in [0, 0.1) is 11.8 Å². The third-order valence-electron chi connectivity index (χ3n) is 6.65. The number of ether oxygens (including phenoxy) is 1. The maximum atomic E-state index is 14.6. The Labute approximate surface area is 222 Å². The lowest BCUT2D eigenvalue weighted by Crippen LogP contribution is -2.44. The van der Waals surface area contributed by atoms with E-state index in [0.717, 1.165) is 5.57 Å². The highest BCUT2D eigenvalue weighted by atomic mass is 19.1. The number of hydrogen-bond donors (Lipinski definition) is 2. The number of cyclic esters (lactones) is 1. The topological polar surface area (TPSA) is 122 Å². The van der Waals surface area contributed by atoms with Gasteiger partial charge in [-0.2, -0.15) is 0 Å². The molecule has 0 saturated carbocycles. The highest BCUT2D eigenvalue weighted by Crippen LogP contribution is 2.25. The smallest absolute Gasteiger partial charge is 0.329 e. The molecule has 5 unspecified atom stereocenters. The van der Waals surface area contributed by atoms with Crippen LogP contribution in [0.2, 0.25) is 0 Å². The van der Waals surface area contributed by atoms with Crippen molar-refractivity contribution in [3.05, 3.63) is 53.8 Å². The molecule has 2 N–H and O–H groups in total. The summed E-state index contributed by atoms with van der Waals surface area (Å²) in [5, 5.41) is 13.0. The monoisotopic (exact) mass is 531 g/mol. The normalized spacial score (nSPS) is 31.7. The number of amides is 2. The van der Waals surface area contributed by atoms with Crippen molar-refractivity contribution >= 4 is 17.8 Å². The number of alkyl halides is 1. The second-order valence-corrected chi connectivity index (χ2v) is 10.3. The number of oxazole rings is 1. The predicted molar refractivity (Wildman–Crippen MR) is 139 cm³/mol. The van der Waals surface area contributed by atoms with Gasteiger partial charge in [0, 0.05) is 31.8 Å². The van der Waals surface area contributed by atoms with Crippen LogP contribution < -0.4 is 5.32 Å². The SMILES string of the molecule is CC1=C\C(O)CC(F)Cc2cnc(o2)C(=O)N2CCCC2C(=O)OC(C(C)C)C(C)/C=C/C(=O)NC\C=C\1. The molecule has 38 heavy (non-hydrogen) atoms. The first-order chi connectivity index (χ1) is 18.0. The zero-order valence-corrected chi connectivity index (χ0v) is 22.4. The van der Waals surface area contributed by atoms with Crippen LogP contribution in [0.5, 0.6) is 0 Å². The Morgan fingerprint density at radius 2 is 2.00 bits per heavy atom. The number of aliphatic hydroxyl groups is 1. The number of nitrogens with zero attached hydrogens (tertiary/aromatic N) is 2. The van der Waals surface area contributed by atoms with Gasteiger partial charge in [0.1, 0.15) is 24.1 Å². The minimum atomic E-state index is -1.42. The van der Waals surface area contributed by atoms with Crippen molar-refractivity contribution in [1.82, 2.24) is 15.2 Å². The lowest BCUT2D eigenvalue weighted by molar-refractivity contribution is -0.158. The van der Waals surface area contributed by atoms with Crippen molar-refractivity contribution in [1.29, 1.82) is 0 Å². The molecule has 1 aromatic rings. The Kier molecular flexibility index (Phi) is 10.4. The van der Waals surface area contributed by atoms with E-state index in [9.17, 15) is 23.9 Å². The summed E-state index contributed by atoms with van der Waals surface area (Å²) < 4.78 is 26.0. The molecule has 9 nitrogen and oxygen atoms in total. The van der Waals surface area contributed by atoms with Gasteiger partial charge < -0.3 is 24.5 Å². The van der Waals surface area contributed by atoms with Crippen molar-refractivity contribution in [2.75, 3.05) is 13.1 Å². The summed E-state index contributed by atoms with van der Waals surface area (Å²) in [7, 11) is 0. The molecule has 208 valence electrons. The molecule has 3 heterocycles. The van der Waals surface area contributed by atoms with Crippen LogP contribution in [0.3, 0.4) is 0 Å². The molecular weight excluding hydrogens is 493 g/mol. The molecule has 2 aliphatic rings. The Balaban J connectivity index is 1.85. The fourth-order valence-corrected chi connectivity index (χ4v) is 4.74. The molecule has 2 bridgehead atoms. The molecule has 1 aromatic heterocycles. The van der Waals surface area contributed by atoms with Crippen LogP contribution in [0.4, 0.5) is 4.39 Å². The summed E-state index contributed by atoms with van der Waals surface area (Å²) in [6.45, 7) is 8.10. The molecule has 0 radical (unpaired) electrons. The predicted octanol–water partition coefficient (Wildman–Crippen LogP) is 3.30. The van der Waals surface area contributed by atoms with Gasteiger partial charge in [0.05, 0.1) is 12.3 Å². The largest absolute Gasteiger partial charge is 0.460 e. The summed E-state index contributed by atoms with van der Waals surface area (Å²) in [5.41, 5.74) is 0.718. The number of halogens is 1. The second kappa shape index (κ2) is 13.5. The summed E-state index contributed by atoms with van der Waals surface area (Å²) in [4.78, 5) is 43.9. The van der Waals surface area contributed by atoms with E-state index >= 15 is 0 Å². The first-order valence-corrected chi connectivity index (χ1v) is 13.1. The van der Waals surface area contributed by atoms with E-state index in [4.69, 9.17) is 9.15 Å². The quantitative estimate of drug-likeness (QED) is 0.533. The summed E-state index contributed by atoms with van der Waals surface area (Å²) in [5.74, 6) is -1.68. The van der Waals surface area contributed by atoms with E-state index in [2.05, 4.69) is 10.3 Å². The number of allylic oxidation sites excluding steroid dienone is 2. The molecule has 1 saturated heterocycles. The van der Waals surface area contributed by atoms with Gasteiger partial charge in [-0.25, -0.2) is 14.2 Å². The fourth-order valence-electron chi connectivity index (χ4n) is 4.74. The summed E-state index contributed by atoms with van der Waals surface area (Å²) in [6.07, 6.45) is 7.21. The van der Waals surface area contributed by atoms with Crippen LogP contribution in [-0.2, 0) is 20.7 Å². The first-order valence-electron chi connectivity index (χ1n) is 13.1. The minimum absolute atomic E-state index is 0.0299. The highest BCUT2D eigenvalue weighted by Gasteiger charge is 2.39. The number of esters is 1. The number of carbonyl (C=O) groups excluding carboxylic acids is 3. The van der Waals surface area contributed by atoms with Gasteiger partial charge in [-0.05, 0) is 31.8 Å². The zero-order valence-electron chi connectivity index (χ0n) is 22.4. The van der Waals surface area contributed by atoms with Crippen LogP contribution in [0.1, 0.15) is 63.4 Å². The van der Waals surface area contributed by atoms with E-state index in [1.54, 1.807) is 25.2 Å². The van der Waals surface area contributed by atoms with Crippen molar-refractivity contribution in [3.8, 4) is 0 Å². The fraction of sp³-hybridized carbons (Fsp3) is 0.571. The average Bonchev–Trinajstić information content (AvgIpc) is 3.52. The number of rotatable bonds is 1. The van der Waals surface area contributed by atoms with Crippen molar-refractivity contribution < 1.29 is 33.0 Å². The first kappa shape index (κ1) is 29.3. The molecule has 0 spiro atoms. The van der Waals surface area contributed by atoms with Crippen LogP contribution >= 0.6 is 0 Å². The third-order valence-corrected chi connectivity index (χ3v) is 6.65. The maximum Gasteiger partial charge on any atom is 0.329 e. The summed E-state index contributed by atoms with van der Waals surface area (Å²) >= 11 is 0. The molecular formula is C28H38FN3O6. The van der Waals surface area contributed by atoms with E-state index in [0.29, 0.717) is 19.4 Å². The van der Waals surface area contributed by atoms with Gasteiger partial charge in [0.2, 0.25) is 5.91 Å². The number of carbonyl (C=O) groups is 3. The van der Waals surface area contributed by atoms with Crippen LogP contribution in [-0.4, -0.2) is 70.3 Å². The number of hydrogen-bond acceptors (Lipinski definition) is 7. The minimum Gasteiger partial charge on any atom is -0.460 e. The number of aromatic nitrogens is 1. The van der Waals surface area contributed by atoms with Crippen molar-refractivity contribution in [3.63, 3.8) is 0 Å². The molecule has 10 heteroatoms. The molecule has 3 rings (SSSR count). The van der Waals surface area contributed by atoms with Gasteiger partial charge >= 0.3 is 11.9 Å². The lowest BCUT2D eigenvalue weighted by Gasteiger charge is -2.29. The van der Waals surface area contributed by atoms with Gasteiger partial charge in [-0.15, -0.1) is 0 Å². The van der Waals surface area contributed by atoms with E-state index in [1.165, 1.54) is 23.2 Å². The standard InChI is InChI=1S/C28H38FN3O6/c1-17(2)25-19(4)9-10-24(34)30-11-5-7-18(3)13-21(33)14-20(29)15-22-16-31-26(37-22)27(35)32-12-6-8-23(32)28(36)38-25/h5,7,9-10,13,16-17,19-21,23,25,33H,6,8,11-12,14-15H2,1-4H3,(H,30,34)/b7-5+,10-9+,18-13+. The maximum absolute atomic E-state index is 14.6. The van der Waals surface area contributed by atoms with Crippen LogP contribution in [0.25, 0.3) is 0 Å². The number of fused-ring (bicyclic) bond motifs is 3. The van der Waals surface area contributed by atoms with Gasteiger partial charge in [-0.3, -0.25) is 9.59 Å². The molecule has 5 atom stereocenters. The third kappa shape index (κ3) is 8.11. The Hall–Kier alpha value is -3.27. The van der Waals surface area contributed by atoms with Crippen LogP contribution in [0.15, 0.2) is 46.6 Å².